The van der Waals surface area contributed by atoms with Gasteiger partial charge in [-0.3, -0.25) is 0 Å². The molecule has 1 atom stereocenters. The predicted octanol–water partition coefficient (Wildman–Crippen LogP) is 2.86. The van der Waals surface area contributed by atoms with Gasteiger partial charge in [-0.15, -0.1) is 0 Å². The van der Waals surface area contributed by atoms with E-state index >= 15 is 0 Å². The number of halogens is 1. The van der Waals surface area contributed by atoms with E-state index in [2.05, 4.69) is 15.0 Å². The van der Waals surface area contributed by atoms with Crippen molar-refractivity contribution in [2.45, 2.75) is 13.0 Å². The molecule has 0 bridgehead atoms. The lowest BCUT2D eigenvalue weighted by Crippen LogP contribution is -2.27. The summed E-state index contributed by atoms with van der Waals surface area (Å²) in [6.45, 7) is 1.71. The lowest BCUT2D eigenvalue weighted by molar-refractivity contribution is -0.141. The van der Waals surface area contributed by atoms with Gasteiger partial charge in [0.05, 0.1) is 7.11 Å². The zero-order chi connectivity index (χ0) is 13.1. The second-order valence-electron chi connectivity index (χ2n) is 3.90. The Morgan fingerprint density at radius 3 is 2.89 bits per heavy atom. The Balaban J connectivity index is 2.41. The number of hydrogen-bond acceptors (Lipinski definition) is 4. The lowest BCUT2D eigenvalue weighted by Gasteiger charge is -2.14. The van der Waals surface area contributed by atoms with Crippen molar-refractivity contribution < 1.29 is 9.53 Å². The molecule has 1 heterocycles. The molecule has 18 heavy (non-hydrogen) atoms. The van der Waals surface area contributed by atoms with Crippen LogP contribution in [0.5, 0.6) is 0 Å². The van der Waals surface area contributed by atoms with E-state index in [0.717, 1.165) is 10.8 Å². The van der Waals surface area contributed by atoms with Crippen LogP contribution in [0.25, 0.3) is 10.8 Å². The molecule has 4 nitrogen and oxygen atoms in total. The highest BCUT2D eigenvalue weighted by atomic mass is 35.5. The van der Waals surface area contributed by atoms with Crippen LogP contribution >= 0.6 is 11.6 Å². The van der Waals surface area contributed by atoms with E-state index in [1.165, 1.54) is 7.11 Å². The van der Waals surface area contributed by atoms with Crippen molar-refractivity contribution in [1.29, 1.82) is 0 Å². The number of pyridine rings is 1. The second kappa shape index (κ2) is 5.23. The van der Waals surface area contributed by atoms with Crippen molar-refractivity contribution >= 4 is 34.2 Å². The first-order valence-corrected chi connectivity index (χ1v) is 5.89. The van der Waals surface area contributed by atoms with E-state index in [0.29, 0.717) is 11.0 Å². The standard InChI is InChI=1S/C13H13ClN2O2/c1-8(13(17)18-2)15-12-10-6-4-3-5-9(10)7-11(14)16-12/h3-8H,1-2H3,(H,15,16). The molecule has 1 unspecified atom stereocenters. The van der Waals surface area contributed by atoms with Crippen LogP contribution in [0.1, 0.15) is 6.92 Å². The Morgan fingerprint density at radius 2 is 2.17 bits per heavy atom. The van der Waals surface area contributed by atoms with Crippen molar-refractivity contribution in [3.63, 3.8) is 0 Å². The zero-order valence-electron chi connectivity index (χ0n) is 10.1. The molecule has 0 radical (unpaired) electrons. The molecule has 2 aromatic rings. The van der Waals surface area contributed by atoms with E-state index < -0.39 is 6.04 Å². The Labute approximate surface area is 110 Å². The van der Waals surface area contributed by atoms with Gasteiger partial charge in [-0.25, -0.2) is 9.78 Å². The number of carbonyl (C=O) groups excluding carboxylic acids is 1. The van der Waals surface area contributed by atoms with E-state index in [1.807, 2.05) is 24.3 Å². The molecule has 0 fully saturated rings. The molecule has 5 heteroatoms. The van der Waals surface area contributed by atoms with Crippen LogP contribution in [0, 0.1) is 0 Å². The van der Waals surface area contributed by atoms with Gasteiger partial charge in [0.1, 0.15) is 17.0 Å². The summed E-state index contributed by atoms with van der Waals surface area (Å²) in [7, 11) is 1.35. The van der Waals surface area contributed by atoms with Gasteiger partial charge in [0.15, 0.2) is 0 Å². The lowest BCUT2D eigenvalue weighted by atomic mass is 10.1. The van der Waals surface area contributed by atoms with Crippen LogP contribution in [0.3, 0.4) is 0 Å². The van der Waals surface area contributed by atoms with Gasteiger partial charge < -0.3 is 10.1 Å². The number of carbonyl (C=O) groups is 1. The fraction of sp³-hybridized carbons (Fsp3) is 0.231. The number of fused-ring (bicyclic) bond motifs is 1. The largest absolute Gasteiger partial charge is 0.467 e. The number of rotatable bonds is 3. The highest BCUT2D eigenvalue weighted by Gasteiger charge is 2.15. The number of hydrogen-bond donors (Lipinski definition) is 1. The molecule has 0 saturated carbocycles. The Kier molecular flexibility index (Phi) is 3.67. The first kappa shape index (κ1) is 12.6. The number of nitrogens with one attached hydrogen (secondary N) is 1. The number of ether oxygens (including phenoxy) is 1. The van der Waals surface area contributed by atoms with Gasteiger partial charge in [-0.05, 0) is 18.4 Å². The molecule has 0 aliphatic heterocycles. The predicted molar refractivity (Wildman–Crippen MR) is 71.9 cm³/mol. The van der Waals surface area contributed by atoms with Gasteiger partial charge in [0.2, 0.25) is 0 Å². The minimum Gasteiger partial charge on any atom is -0.467 e. The van der Waals surface area contributed by atoms with Crippen molar-refractivity contribution in [2.75, 3.05) is 12.4 Å². The maximum atomic E-state index is 11.4. The molecular formula is C13H13ClN2O2. The minimum atomic E-state index is -0.482. The molecule has 0 saturated heterocycles. The molecule has 94 valence electrons. The van der Waals surface area contributed by atoms with Crippen LogP contribution in [-0.2, 0) is 9.53 Å². The average molecular weight is 265 g/mol. The van der Waals surface area contributed by atoms with Gasteiger partial charge in [0, 0.05) is 5.39 Å². The molecular weight excluding hydrogens is 252 g/mol. The molecule has 0 spiro atoms. The highest BCUT2D eigenvalue weighted by Crippen LogP contribution is 2.25. The van der Waals surface area contributed by atoms with Crippen LogP contribution in [0.2, 0.25) is 5.15 Å². The third-order valence-corrected chi connectivity index (χ3v) is 2.81. The quantitative estimate of drug-likeness (QED) is 0.684. The number of nitrogens with zero attached hydrogens (tertiary/aromatic N) is 1. The highest BCUT2D eigenvalue weighted by molar-refractivity contribution is 6.30. The van der Waals surface area contributed by atoms with Gasteiger partial charge >= 0.3 is 5.97 Å². The number of methoxy groups -OCH3 is 1. The van der Waals surface area contributed by atoms with Crippen molar-refractivity contribution in [1.82, 2.24) is 4.98 Å². The number of benzene rings is 1. The Hall–Kier alpha value is -1.81. The third kappa shape index (κ3) is 2.54. The molecule has 0 aliphatic rings. The van der Waals surface area contributed by atoms with Gasteiger partial charge in [-0.2, -0.15) is 0 Å². The van der Waals surface area contributed by atoms with Crippen LogP contribution < -0.4 is 5.32 Å². The summed E-state index contributed by atoms with van der Waals surface area (Å²) < 4.78 is 4.66. The van der Waals surface area contributed by atoms with Crippen molar-refractivity contribution in [2.24, 2.45) is 0 Å². The molecule has 1 N–H and O–H groups in total. The summed E-state index contributed by atoms with van der Waals surface area (Å²) >= 11 is 5.95. The van der Waals surface area contributed by atoms with Gasteiger partial charge in [0.25, 0.3) is 0 Å². The summed E-state index contributed by atoms with van der Waals surface area (Å²) in [5, 5.41) is 5.27. The SMILES string of the molecule is COC(=O)C(C)Nc1nc(Cl)cc2ccccc12. The summed E-state index contributed by atoms with van der Waals surface area (Å²) in [5.74, 6) is 0.233. The van der Waals surface area contributed by atoms with Gasteiger partial charge in [-0.1, -0.05) is 35.9 Å². The summed E-state index contributed by atoms with van der Waals surface area (Å²) in [6.07, 6.45) is 0. The minimum absolute atomic E-state index is 0.346. The van der Waals surface area contributed by atoms with Crippen molar-refractivity contribution in [3.8, 4) is 0 Å². The fourth-order valence-electron chi connectivity index (χ4n) is 1.72. The number of anilines is 1. The van der Waals surface area contributed by atoms with E-state index in [9.17, 15) is 4.79 Å². The van der Waals surface area contributed by atoms with E-state index in [1.54, 1.807) is 13.0 Å². The van der Waals surface area contributed by atoms with Crippen LogP contribution in [0.4, 0.5) is 5.82 Å². The smallest absolute Gasteiger partial charge is 0.328 e. The second-order valence-corrected chi connectivity index (χ2v) is 4.29. The molecule has 0 amide bonds. The Bertz CT molecular complexity index is 586. The molecule has 2 rings (SSSR count). The fourth-order valence-corrected chi connectivity index (χ4v) is 1.92. The maximum absolute atomic E-state index is 11.4. The van der Waals surface area contributed by atoms with Crippen LogP contribution in [0.15, 0.2) is 30.3 Å². The maximum Gasteiger partial charge on any atom is 0.328 e. The van der Waals surface area contributed by atoms with E-state index in [-0.39, 0.29) is 5.97 Å². The zero-order valence-corrected chi connectivity index (χ0v) is 10.9. The number of aromatic nitrogens is 1. The average Bonchev–Trinajstić information content (AvgIpc) is 2.37. The first-order chi connectivity index (χ1) is 8.61. The third-order valence-electron chi connectivity index (χ3n) is 2.62. The summed E-state index contributed by atoms with van der Waals surface area (Å²) in [6, 6.07) is 8.99. The normalized spacial score (nSPS) is 12.2. The monoisotopic (exact) mass is 264 g/mol. The molecule has 0 aliphatic carbocycles. The summed E-state index contributed by atoms with van der Waals surface area (Å²) in [5.41, 5.74) is 0. The Morgan fingerprint density at radius 1 is 1.44 bits per heavy atom. The van der Waals surface area contributed by atoms with Crippen molar-refractivity contribution in [3.05, 3.63) is 35.5 Å². The van der Waals surface area contributed by atoms with E-state index in [4.69, 9.17) is 11.6 Å². The number of esters is 1. The molecule has 1 aromatic carbocycles. The topological polar surface area (TPSA) is 51.2 Å². The molecule has 1 aromatic heterocycles. The van der Waals surface area contributed by atoms with Crippen LogP contribution in [-0.4, -0.2) is 24.1 Å². The first-order valence-electron chi connectivity index (χ1n) is 5.51. The summed E-state index contributed by atoms with van der Waals surface area (Å²) in [4.78, 5) is 15.6.